The van der Waals surface area contributed by atoms with Gasteiger partial charge >= 0.3 is 0 Å². The predicted octanol–water partition coefficient (Wildman–Crippen LogP) is 1.29. The van der Waals surface area contributed by atoms with Gasteiger partial charge in [-0.15, -0.1) is 13.2 Å². The van der Waals surface area contributed by atoms with Gasteiger partial charge in [-0.25, -0.2) is 0 Å². The molecule has 2 nitrogen and oxygen atoms in total. The van der Waals surface area contributed by atoms with E-state index < -0.39 is 0 Å². The van der Waals surface area contributed by atoms with Crippen LogP contribution in [0.5, 0.6) is 0 Å². The van der Waals surface area contributed by atoms with Crippen molar-refractivity contribution in [2.75, 3.05) is 13.6 Å². The second-order valence-electron chi connectivity index (χ2n) is 2.45. The maximum atomic E-state index is 10.8. The first-order valence-electron chi connectivity index (χ1n) is 3.47. The van der Waals surface area contributed by atoms with E-state index in [-0.39, 0.29) is 5.92 Å². The van der Waals surface area contributed by atoms with E-state index in [2.05, 4.69) is 13.2 Å². The van der Waals surface area contributed by atoms with Crippen molar-refractivity contribution in [3.8, 4) is 0 Å². The molecule has 1 aliphatic rings. The molecule has 10 heavy (non-hydrogen) atoms. The lowest BCUT2D eigenvalue weighted by Gasteiger charge is -2.05. The Kier molecular flexibility index (Phi) is 3.77. The number of hydrogen-bond donors (Lipinski definition) is 0. The number of hydrogen-bond acceptors (Lipinski definition) is 1. The first kappa shape index (κ1) is 9.21. The van der Waals surface area contributed by atoms with E-state index in [0.29, 0.717) is 5.91 Å². The van der Waals surface area contributed by atoms with E-state index >= 15 is 0 Å². The number of rotatable bonds is 0. The minimum atomic E-state index is 0.278. The van der Waals surface area contributed by atoms with E-state index in [0.717, 1.165) is 13.0 Å². The highest BCUT2D eigenvalue weighted by Crippen LogP contribution is 2.13. The molecule has 0 aromatic heterocycles. The fourth-order valence-corrected chi connectivity index (χ4v) is 0.997. The Morgan fingerprint density at radius 1 is 1.60 bits per heavy atom. The summed E-state index contributed by atoms with van der Waals surface area (Å²) in [5.74, 6) is 0.574. The van der Waals surface area contributed by atoms with Crippen LogP contribution in [0.1, 0.15) is 13.3 Å². The molecule has 1 fully saturated rings. The molecule has 0 N–H and O–H groups in total. The summed E-state index contributed by atoms with van der Waals surface area (Å²) in [6, 6.07) is 0. The summed E-state index contributed by atoms with van der Waals surface area (Å²) >= 11 is 0. The van der Waals surface area contributed by atoms with Gasteiger partial charge in [0.15, 0.2) is 0 Å². The zero-order chi connectivity index (χ0) is 8.15. The van der Waals surface area contributed by atoms with Crippen molar-refractivity contribution in [3.63, 3.8) is 0 Å². The molecule has 0 spiro atoms. The molecule has 1 heterocycles. The molecule has 1 unspecified atom stereocenters. The summed E-state index contributed by atoms with van der Waals surface area (Å²) in [6.45, 7) is 8.92. The van der Waals surface area contributed by atoms with Gasteiger partial charge in [-0.05, 0) is 6.42 Å². The van der Waals surface area contributed by atoms with Gasteiger partial charge in [-0.2, -0.15) is 0 Å². The molecule has 2 heteroatoms. The maximum Gasteiger partial charge on any atom is 0.225 e. The fraction of sp³-hybridized carbons (Fsp3) is 0.625. The number of carbonyl (C=O) groups excluding carboxylic acids is 1. The number of likely N-dealkylation sites (tertiary alicyclic amines) is 1. The molecular weight excluding hydrogens is 126 g/mol. The van der Waals surface area contributed by atoms with Crippen molar-refractivity contribution in [1.29, 1.82) is 0 Å². The minimum absolute atomic E-state index is 0.278. The van der Waals surface area contributed by atoms with Crippen molar-refractivity contribution in [2.24, 2.45) is 5.92 Å². The second-order valence-corrected chi connectivity index (χ2v) is 2.45. The third kappa shape index (κ3) is 1.87. The molecule has 1 atom stereocenters. The van der Waals surface area contributed by atoms with Crippen molar-refractivity contribution < 1.29 is 4.79 Å². The third-order valence-corrected chi connectivity index (χ3v) is 1.70. The smallest absolute Gasteiger partial charge is 0.225 e. The molecule has 1 rings (SSSR count). The van der Waals surface area contributed by atoms with Crippen LogP contribution in [0.2, 0.25) is 0 Å². The summed E-state index contributed by atoms with van der Waals surface area (Å²) in [4.78, 5) is 12.6. The number of carbonyl (C=O) groups is 1. The molecule has 0 saturated carbocycles. The Balaban J connectivity index is 0.000000371. The van der Waals surface area contributed by atoms with E-state index in [4.69, 9.17) is 0 Å². The predicted molar refractivity (Wildman–Crippen MR) is 42.7 cm³/mol. The third-order valence-electron chi connectivity index (χ3n) is 1.70. The first-order valence-corrected chi connectivity index (χ1v) is 3.47. The Bertz CT molecular complexity index is 110. The fourth-order valence-electron chi connectivity index (χ4n) is 0.997. The number of amides is 1. The molecule has 1 aliphatic heterocycles. The molecule has 0 aromatic rings. The Labute approximate surface area is 62.5 Å². The van der Waals surface area contributed by atoms with Crippen LogP contribution >= 0.6 is 0 Å². The summed E-state index contributed by atoms with van der Waals surface area (Å²) in [5.41, 5.74) is 0. The normalized spacial score (nSPS) is 24.0. The molecular formula is C8H15NO. The van der Waals surface area contributed by atoms with Gasteiger partial charge in [-0.3, -0.25) is 4.79 Å². The average Bonchev–Trinajstić information content (AvgIpc) is 2.25. The Morgan fingerprint density at radius 2 is 2.10 bits per heavy atom. The van der Waals surface area contributed by atoms with Gasteiger partial charge in [0.25, 0.3) is 0 Å². The standard InChI is InChI=1S/C6H11NO.C2H4/c1-5-3-4-7(2)6(5)8;1-2/h5H,3-4H2,1-2H3;1-2H2. The SMILES string of the molecule is C=C.CC1CCN(C)C1=O. The summed E-state index contributed by atoms with van der Waals surface area (Å²) in [5, 5.41) is 0. The van der Waals surface area contributed by atoms with Crippen LogP contribution in [0.25, 0.3) is 0 Å². The Morgan fingerprint density at radius 3 is 2.20 bits per heavy atom. The highest BCUT2D eigenvalue weighted by Gasteiger charge is 2.23. The van der Waals surface area contributed by atoms with Crippen LogP contribution in [0.4, 0.5) is 0 Å². The molecule has 0 aliphatic carbocycles. The van der Waals surface area contributed by atoms with E-state index in [1.807, 2.05) is 14.0 Å². The first-order chi connectivity index (χ1) is 4.72. The van der Waals surface area contributed by atoms with E-state index in [1.165, 1.54) is 0 Å². The van der Waals surface area contributed by atoms with Crippen LogP contribution < -0.4 is 0 Å². The molecule has 1 saturated heterocycles. The van der Waals surface area contributed by atoms with Crippen LogP contribution in [0.15, 0.2) is 13.2 Å². The van der Waals surface area contributed by atoms with Crippen molar-refractivity contribution in [3.05, 3.63) is 13.2 Å². The number of nitrogens with zero attached hydrogens (tertiary/aromatic N) is 1. The van der Waals surface area contributed by atoms with Crippen LogP contribution in [0, 0.1) is 5.92 Å². The summed E-state index contributed by atoms with van der Waals surface area (Å²) in [6.07, 6.45) is 1.04. The monoisotopic (exact) mass is 141 g/mol. The lowest BCUT2D eigenvalue weighted by Crippen LogP contribution is -2.21. The maximum absolute atomic E-state index is 10.8. The van der Waals surface area contributed by atoms with Crippen LogP contribution in [0.3, 0.4) is 0 Å². The van der Waals surface area contributed by atoms with Gasteiger partial charge in [0.2, 0.25) is 5.91 Å². The molecule has 58 valence electrons. The lowest BCUT2D eigenvalue weighted by atomic mass is 10.1. The lowest BCUT2D eigenvalue weighted by molar-refractivity contribution is -0.129. The summed E-state index contributed by atoms with van der Waals surface area (Å²) in [7, 11) is 1.85. The van der Waals surface area contributed by atoms with Crippen LogP contribution in [-0.2, 0) is 4.79 Å². The second kappa shape index (κ2) is 4.09. The van der Waals surface area contributed by atoms with Gasteiger partial charge in [0.1, 0.15) is 0 Å². The zero-order valence-electron chi connectivity index (χ0n) is 6.76. The molecule has 0 radical (unpaired) electrons. The quantitative estimate of drug-likeness (QED) is 0.465. The van der Waals surface area contributed by atoms with Gasteiger partial charge in [0, 0.05) is 19.5 Å². The largest absolute Gasteiger partial charge is 0.346 e. The minimum Gasteiger partial charge on any atom is -0.346 e. The highest BCUT2D eigenvalue weighted by molar-refractivity contribution is 5.80. The van der Waals surface area contributed by atoms with Crippen molar-refractivity contribution in [1.82, 2.24) is 4.90 Å². The van der Waals surface area contributed by atoms with Gasteiger partial charge in [-0.1, -0.05) is 6.92 Å². The highest BCUT2D eigenvalue weighted by atomic mass is 16.2. The molecule has 1 amide bonds. The van der Waals surface area contributed by atoms with E-state index in [9.17, 15) is 4.79 Å². The molecule has 0 bridgehead atoms. The van der Waals surface area contributed by atoms with Gasteiger partial charge in [0.05, 0.1) is 0 Å². The van der Waals surface area contributed by atoms with Crippen molar-refractivity contribution >= 4 is 5.91 Å². The van der Waals surface area contributed by atoms with Crippen LogP contribution in [-0.4, -0.2) is 24.4 Å². The summed E-state index contributed by atoms with van der Waals surface area (Å²) < 4.78 is 0. The van der Waals surface area contributed by atoms with Gasteiger partial charge < -0.3 is 4.90 Å². The average molecular weight is 141 g/mol. The Hall–Kier alpha value is -0.790. The molecule has 0 aromatic carbocycles. The topological polar surface area (TPSA) is 20.3 Å². The van der Waals surface area contributed by atoms with E-state index in [1.54, 1.807) is 4.90 Å². The van der Waals surface area contributed by atoms with Crippen molar-refractivity contribution in [2.45, 2.75) is 13.3 Å². The zero-order valence-corrected chi connectivity index (χ0v) is 6.76.